The number of halogens is 2. The van der Waals surface area contributed by atoms with Crippen LogP contribution in [-0.2, 0) is 19.8 Å². The number of benzene rings is 2. The van der Waals surface area contributed by atoms with Crippen LogP contribution in [0.1, 0.15) is 55.2 Å². The molecule has 220 valence electrons. The fraction of sp³-hybridized carbons (Fsp3) is 0.355. The van der Waals surface area contributed by atoms with Gasteiger partial charge in [0.25, 0.3) is 5.91 Å². The molecule has 2 aromatic carbocycles. The first-order chi connectivity index (χ1) is 19.7. The number of nitrogens with two attached hydrogens (primary N) is 1. The van der Waals surface area contributed by atoms with Gasteiger partial charge in [0.1, 0.15) is 29.4 Å². The quantitative estimate of drug-likeness (QED) is 0.393. The number of rotatable bonds is 7. The lowest BCUT2D eigenvalue weighted by molar-refractivity contribution is -0.141. The number of hydrogen-bond donors (Lipinski definition) is 3. The first kappa shape index (κ1) is 29.0. The largest absolute Gasteiger partial charge is 0.368 e. The zero-order valence-electron chi connectivity index (χ0n) is 23.9. The van der Waals surface area contributed by atoms with Crippen LogP contribution in [0.5, 0.6) is 0 Å². The number of hydrogen-bond acceptors (Lipinski definition) is 4. The Hall–Kier alpha value is -4.54. The lowest BCUT2D eigenvalue weighted by atomic mass is 9.78. The molecule has 5 rings (SSSR count). The molecule has 2 aliphatic rings. The number of allylic oxidation sites excluding steroid dienone is 1. The summed E-state index contributed by atoms with van der Waals surface area (Å²) in [5.74, 6) is -3.92. The number of primary amides is 1. The minimum atomic E-state index is -1.21. The number of H-pyrrole nitrogens is 1. The van der Waals surface area contributed by atoms with Crippen LogP contribution in [0.15, 0.2) is 43.0 Å². The topological polar surface area (TPSA) is 129 Å². The van der Waals surface area contributed by atoms with E-state index < -0.39 is 46.9 Å². The maximum atomic E-state index is 14.3. The normalized spacial score (nSPS) is 20.2. The molecular weight excluding hydrogens is 544 g/mol. The Morgan fingerprint density at radius 3 is 2.55 bits per heavy atom. The summed E-state index contributed by atoms with van der Waals surface area (Å²) in [6, 6.07) is 6.42. The number of nitrogens with zero attached hydrogens (tertiary/aromatic N) is 2. The van der Waals surface area contributed by atoms with Gasteiger partial charge in [-0.05, 0) is 61.1 Å². The highest BCUT2D eigenvalue weighted by Gasteiger charge is 2.58. The van der Waals surface area contributed by atoms with Crippen LogP contribution >= 0.6 is 0 Å². The summed E-state index contributed by atoms with van der Waals surface area (Å²) in [6.07, 6.45) is 0.229. The van der Waals surface area contributed by atoms with Crippen molar-refractivity contribution in [2.24, 2.45) is 11.7 Å². The minimum Gasteiger partial charge on any atom is -0.368 e. The molecule has 1 fully saturated rings. The molecule has 3 heterocycles. The van der Waals surface area contributed by atoms with Crippen molar-refractivity contribution in [2.45, 2.75) is 51.1 Å². The molecule has 0 aliphatic carbocycles. The molecule has 1 spiro atoms. The lowest BCUT2D eigenvalue weighted by Crippen LogP contribution is -2.54. The molecule has 42 heavy (non-hydrogen) atoms. The summed E-state index contributed by atoms with van der Waals surface area (Å²) in [6.45, 7) is 9.49. The highest BCUT2D eigenvalue weighted by Crippen LogP contribution is 2.47. The molecule has 9 nitrogen and oxygen atoms in total. The van der Waals surface area contributed by atoms with Crippen LogP contribution in [0.3, 0.4) is 0 Å². The van der Waals surface area contributed by atoms with Crippen molar-refractivity contribution >= 4 is 45.8 Å². The number of amides is 4. The first-order valence-corrected chi connectivity index (χ1v) is 13.7. The molecule has 4 amide bonds. The number of fused-ring (bicyclic) bond motifs is 3. The number of anilines is 1. The van der Waals surface area contributed by atoms with Gasteiger partial charge < -0.3 is 25.8 Å². The Morgan fingerprint density at radius 1 is 1.19 bits per heavy atom. The van der Waals surface area contributed by atoms with E-state index in [1.807, 2.05) is 32.9 Å². The van der Waals surface area contributed by atoms with Crippen molar-refractivity contribution in [1.82, 2.24) is 14.8 Å². The Kier molecular flexibility index (Phi) is 7.16. The van der Waals surface area contributed by atoms with Crippen molar-refractivity contribution < 1.29 is 28.0 Å². The van der Waals surface area contributed by atoms with Crippen molar-refractivity contribution in [1.29, 1.82) is 0 Å². The number of likely N-dealkylation sites (N-methyl/N-ethyl adjacent to an activating group) is 1. The standard InChI is InChI=1S/C31H33F2N5O4/c1-15(2)8-25(37(5)28(40)24-12-19-21(33)10-18(32)11-23(19)35-24)29(41)38-14-31(13-26(38)27(34)39)20-9-17(16(3)4)6-7-22(20)36-30(31)42/h6-7,9-12,15,25-26,35H,3,8,13-14H2,1-2,4-5H3,(H2,34,39)(H,36,42)/t25-,26-,31-/m0/s1. The van der Waals surface area contributed by atoms with Crippen LogP contribution in [0, 0.1) is 17.6 Å². The third-order valence-corrected chi connectivity index (χ3v) is 8.33. The van der Waals surface area contributed by atoms with E-state index in [1.165, 1.54) is 22.9 Å². The molecule has 4 N–H and O–H groups in total. The van der Waals surface area contributed by atoms with Gasteiger partial charge in [-0.2, -0.15) is 0 Å². The Bertz CT molecular complexity index is 1660. The maximum Gasteiger partial charge on any atom is 0.270 e. The van der Waals surface area contributed by atoms with E-state index in [1.54, 1.807) is 6.07 Å². The molecule has 11 heteroatoms. The molecule has 3 atom stereocenters. The molecule has 0 unspecified atom stereocenters. The second kappa shape index (κ2) is 10.4. The Morgan fingerprint density at radius 2 is 1.90 bits per heavy atom. The van der Waals surface area contributed by atoms with Gasteiger partial charge in [0, 0.05) is 30.7 Å². The zero-order valence-corrected chi connectivity index (χ0v) is 23.9. The second-order valence-electron chi connectivity index (χ2n) is 11.8. The van der Waals surface area contributed by atoms with Crippen LogP contribution in [0.25, 0.3) is 16.5 Å². The van der Waals surface area contributed by atoms with E-state index in [0.29, 0.717) is 11.3 Å². The van der Waals surface area contributed by atoms with E-state index >= 15 is 0 Å². The molecule has 0 radical (unpaired) electrons. The smallest absolute Gasteiger partial charge is 0.270 e. The zero-order chi connectivity index (χ0) is 30.7. The van der Waals surface area contributed by atoms with Crippen LogP contribution in [0.4, 0.5) is 14.5 Å². The first-order valence-electron chi connectivity index (χ1n) is 13.7. The van der Waals surface area contributed by atoms with Crippen molar-refractivity contribution in [3.05, 3.63) is 71.4 Å². The van der Waals surface area contributed by atoms with E-state index in [4.69, 9.17) is 5.73 Å². The predicted molar refractivity (Wildman–Crippen MR) is 154 cm³/mol. The van der Waals surface area contributed by atoms with Crippen LogP contribution in [0.2, 0.25) is 0 Å². The van der Waals surface area contributed by atoms with Gasteiger partial charge in [-0.25, -0.2) is 8.78 Å². The molecule has 3 aromatic rings. The predicted octanol–water partition coefficient (Wildman–Crippen LogP) is 3.94. The van der Waals surface area contributed by atoms with Gasteiger partial charge >= 0.3 is 0 Å². The molecule has 1 aromatic heterocycles. The van der Waals surface area contributed by atoms with Gasteiger partial charge in [-0.3, -0.25) is 19.2 Å². The Labute approximate surface area is 241 Å². The highest BCUT2D eigenvalue weighted by molar-refractivity contribution is 6.09. The summed E-state index contributed by atoms with van der Waals surface area (Å²) in [7, 11) is 1.44. The van der Waals surface area contributed by atoms with Gasteiger partial charge in [-0.1, -0.05) is 32.1 Å². The fourth-order valence-electron chi connectivity index (χ4n) is 6.10. The fourth-order valence-corrected chi connectivity index (χ4v) is 6.10. The monoisotopic (exact) mass is 577 g/mol. The molecule has 1 saturated heterocycles. The van der Waals surface area contributed by atoms with E-state index in [0.717, 1.165) is 23.3 Å². The third-order valence-electron chi connectivity index (χ3n) is 8.33. The van der Waals surface area contributed by atoms with Crippen molar-refractivity contribution in [3.8, 4) is 0 Å². The summed E-state index contributed by atoms with van der Waals surface area (Å²) < 4.78 is 28.1. The summed E-state index contributed by atoms with van der Waals surface area (Å²) >= 11 is 0. The lowest BCUT2D eigenvalue weighted by Gasteiger charge is -2.33. The molecule has 2 aliphatic heterocycles. The second-order valence-corrected chi connectivity index (χ2v) is 11.8. The Balaban J connectivity index is 1.50. The van der Waals surface area contributed by atoms with Crippen LogP contribution < -0.4 is 11.1 Å². The van der Waals surface area contributed by atoms with Gasteiger partial charge in [0.2, 0.25) is 17.7 Å². The SMILES string of the molecule is C=C(C)c1ccc2c(c1)[C@@]1(C[C@@H](C(N)=O)N(C(=O)[C@H](CC(C)C)N(C)C(=O)c3cc4c(F)cc(F)cc4[nH]3)C1)C(=O)N2. The highest BCUT2D eigenvalue weighted by atomic mass is 19.1. The van der Waals surface area contributed by atoms with E-state index in [-0.39, 0.29) is 47.8 Å². The summed E-state index contributed by atoms with van der Waals surface area (Å²) in [4.78, 5) is 59.2. The number of nitrogens with one attached hydrogen (secondary N) is 2. The van der Waals surface area contributed by atoms with Crippen molar-refractivity contribution in [3.63, 3.8) is 0 Å². The summed E-state index contributed by atoms with van der Waals surface area (Å²) in [5.41, 5.74) is 7.52. The third kappa shape index (κ3) is 4.72. The van der Waals surface area contributed by atoms with Gasteiger partial charge in [0.05, 0.1) is 10.9 Å². The van der Waals surface area contributed by atoms with E-state index in [2.05, 4.69) is 16.9 Å². The van der Waals surface area contributed by atoms with Crippen LogP contribution in [-0.4, -0.2) is 64.1 Å². The molecule has 0 bridgehead atoms. The summed E-state index contributed by atoms with van der Waals surface area (Å²) in [5, 5.41) is 2.91. The van der Waals surface area contributed by atoms with Crippen molar-refractivity contribution in [2.75, 3.05) is 18.9 Å². The van der Waals surface area contributed by atoms with E-state index in [9.17, 15) is 28.0 Å². The van der Waals surface area contributed by atoms with Gasteiger partial charge in [-0.15, -0.1) is 0 Å². The number of carbonyl (C=O) groups excluding carboxylic acids is 4. The average Bonchev–Trinajstić information content (AvgIpc) is 3.60. The maximum absolute atomic E-state index is 14.3. The number of likely N-dealkylation sites (tertiary alicyclic amines) is 1. The number of carbonyl (C=O) groups is 4. The number of aromatic amines is 1. The molecular formula is C31H33F2N5O4. The average molecular weight is 578 g/mol. The minimum absolute atomic E-state index is 0.00846. The number of aromatic nitrogens is 1. The van der Waals surface area contributed by atoms with Gasteiger partial charge in [0.15, 0.2) is 0 Å². The molecule has 0 saturated carbocycles.